The van der Waals surface area contributed by atoms with E-state index in [0.717, 1.165) is 17.1 Å². The number of aromatic nitrogens is 3. The van der Waals surface area contributed by atoms with Crippen LogP contribution in [-0.4, -0.2) is 75.8 Å². The third-order valence-electron chi connectivity index (χ3n) is 8.44. The molecule has 3 aliphatic heterocycles. The second-order valence-electron chi connectivity index (χ2n) is 11.3. The Kier molecular flexibility index (Phi) is 6.70. The quantitative estimate of drug-likeness (QED) is 0.415. The SMILES string of the molecule is C[C@@H]1CN(c2ccc(N3C(=O)C4(CCC4)c4c(N)nc(COC(=N)N5CCC[C@@H]5C(F)(F)F)nc43)cn2)C[C@H](C)O1. The molecule has 220 valence electrons. The summed E-state index contributed by atoms with van der Waals surface area (Å²) in [5.41, 5.74) is 6.66. The van der Waals surface area contributed by atoms with E-state index in [9.17, 15) is 18.0 Å². The highest BCUT2D eigenvalue weighted by atomic mass is 19.4. The first-order chi connectivity index (χ1) is 19.5. The molecule has 2 aromatic rings. The lowest BCUT2D eigenvalue weighted by atomic mass is 9.65. The molecule has 0 radical (unpaired) electrons. The summed E-state index contributed by atoms with van der Waals surface area (Å²) in [6.07, 6.45) is -0.371. The van der Waals surface area contributed by atoms with Crippen molar-refractivity contribution in [2.45, 2.75) is 82.4 Å². The highest BCUT2D eigenvalue weighted by Crippen LogP contribution is 2.56. The number of alkyl halides is 3. The number of ether oxygens (including phenoxy) is 2. The molecule has 2 saturated heterocycles. The molecule has 5 heterocycles. The van der Waals surface area contributed by atoms with E-state index >= 15 is 0 Å². The van der Waals surface area contributed by atoms with Gasteiger partial charge in [-0.1, -0.05) is 6.42 Å². The number of nitrogen functional groups attached to an aromatic ring is 1. The van der Waals surface area contributed by atoms with E-state index in [1.165, 1.54) is 4.90 Å². The van der Waals surface area contributed by atoms with Crippen LogP contribution in [0.25, 0.3) is 0 Å². The average Bonchev–Trinajstić information content (AvgIpc) is 3.48. The van der Waals surface area contributed by atoms with E-state index in [0.29, 0.717) is 49.4 Å². The first kappa shape index (κ1) is 27.5. The summed E-state index contributed by atoms with van der Waals surface area (Å²) in [6, 6.07) is 1.33. The maximum absolute atomic E-state index is 13.8. The Bertz CT molecular complexity index is 1340. The van der Waals surface area contributed by atoms with Gasteiger partial charge in [0.05, 0.1) is 35.1 Å². The molecule has 3 atom stereocenters. The summed E-state index contributed by atoms with van der Waals surface area (Å²) in [5.74, 6) is 1.15. The van der Waals surface area contributed by atoms with Crippen molar-refractivity contribution in [2.75, 3.05) is 35.2 Å². The van der Waals surface area contributed by atoms with Crippen molar-refractivity contribution >= 4 is 35.1 Å². The summed E-state index contributed by atoms with van der Waals surface area (Å²) >= 11 is 0. The number of nitrogens with two attached hydrogens (primary N) is 1. The van der Waals surface area contributed by atoms with Crippen molar-refractivity contribution in [3.63, 3.8) is 0 Å². The molecule has 4 aliphatic rings. The number of pyridine rings is 1. The van der Waals surface area contributed by atoms with Gasteiger partial charge in [-0.25, -0.2) is 15.0 Å². The van der Waals surface area contributed by atoms with Crippen molar-refractivity contribution in [2.24, 2.45) is 0 Å². The fourth-order valence-electron chi connectivity index (χ4n) is 6.48. The van der Waals surface area contributed by atoms with Gasteiger partial charge in [0.25, 0.3) is 6.02 Å². The summed E-state index contributed by atoms with van der Waals surface area (Å²) in [4.78, 5) is 32.0. The lowest BCUT2D eigenvalue weighted by molar-refractivity contribution is -0.169. The van der Waals surface area contributed by atoms with E-state index in [2.05, 4.69) is 19.9 Å². The van der Waals surface area contributed by atoms with Crippen LogP contribution < -0.4 is 15.5 Å². The topological polar surface area (TPSA) is 134 Å². The van der Waals surface area contributed by atoms with Crippen LogP contribution in [0.1, 0.15) is 57.3 Å². The number of morpholine rings is 1. The Morgan fingerprint density at radius 2 is 1.93 bits per heavy atom. The Labute approximate surface area is 235 Å². The molecule has 1 amide bonds. The molecule has 2 aromatic heterocycles. The Morgan fingerprint density at radius 1 is 1.20 bits per heavy atom. The monoisotopic (exact) mass is 574 g/mol. The minimum absolute atomic E-state index is 0.0670. The van der Waals surface area contributed by atoms with Gasteiger partial charge in [-0.15, -0.1) is 0 Å². The summed E-state index contributed by atoms with van der Waals surface area (Å²) in [7, 11) is 0. The van der Waals surface area contributed by atoms with Gasteiger partial charge in [0.1, 0.15) is 23.5 Å². The number of likely N-dealkylation sites (tertiary alicyclic amines) is 1. The van der Waals surface area contributed by atoms with Crippen molar-refractivity contribution in [1.82, 2.24) is 19.9 Å². The normalized spacial score (nSPS) is 25.4. The molecule has 0 aromatic carbocycles. The lowest BCUT2D eigenvalue weighted by Crippen LogP contribution is -2.46. The summed E-state index contributed by atoms with van der Waals surface area (Å²) < 4.78 is 51.3. The second kappa shape index (κ2) is 10.00. The van der Waals surface area contributed by atoms with Crippen LogP contribution in [0.4, 0.5) is 36.3 Å². The number of carbonyl (C=O) groups is 1. The average molecular weight is 575 g/mol. The highest BCUT2D eigenvalue weighted by Gasteiger charge is 2.57. The van der Waals surface area contributed by atoms with Gasteiger partial charge in [-0.3, -0.25) is 15.1 Å². The van der Waals surface area contributed by atoms with E-state index in [4.69, 9.17) is 20.6 Å². The molecule has 14 heteroatoms. The van der Waals surface area contributed by atoms with Crippen LogP contribution >= 0.6 is 0 Å². The van der Waals surface area contributed by atoms with Crippen molar-refractivity contribution in [1.29, 1.82) is 5.41 Å². The molecule has 1 spiro atoms. The predicted molar refractivity (Wildman–Crippen MR) is 144 cm³/mol. The summed E-state index contributed by atoms with van der Waals surface area (Å²) in [6.45, 7) is 5.15. The van der Waals surface area contributed by atoms with Crippen molar-refractivity contribution in [3.8, 4) is 0 Å². The smallest absolute Gasteiger partial charge is 0.408 e. The Balaban J connectivity index is 1.26. The fraction of sp³-hybridized carbons (Fsp3) is 0.593. The largest absolute Gasteiger partial charge is 0.457 e. The molecule has 3 N–H and O–H groups in total. The molecular weight excluding hydrogens is 541 g/mol. The third-order valence-corrected chi connectivity index (χ3v) is 8.44. The number of amidine groups is 1. The Morgan fingerprint density at radius 3 is 2.54 bits per heavy atom. The number of rotatable bonds is 4. The standard InChI is InChI=1S/C27H33F3N8O3/c1-15-12-36(13-16(2)41-15)20-7-6-17(11-33-20)38-23-21(26(24(38)39)8-4-9-26)22(31)34-19(35-23)14-40-25(32)37-10-3-5-18(37)27(28,29)30/h6-7,11,15-16,18,32H,3-5,8-10,12-14H2,1-2H3,(H2,31,34,35)/t15-,16+,18-/m1/s1. The van der Waals surface area contributed by atoms with Crippen LogP contribution in [-0.2, 0) is 26.3 Å². The predicted octanol–water partition coefficient (Wildman–Crippen LogP) is 3.65. The van der Waals surface area contributed by atoms with Crippen LogP contribution in [0.2, 0.25) is 0 Å². The zero-order valence-corrected chi connectivity index (χ0v) is 22.9. The van der Waals surface area contributed by atoms with Gasteiger partial charge in [-0.05, 0) is 51.7 Å². The first-order valence-corrected chi connectivity index (χ1v) is 13.9. The van der Waals surface area contributed by atoms with Gasteiger partial charge in [0, 0.05) is 19.6 Å². The maximum Gasteiger partial charge on any atom is 0.408 e. The number of fused-ring (bicyclic) bond motifs is 2. The van der Waals surface area contributed by atoms with Crippen molar-refractivity contribution < 1.29 is 27.4 Å². The zero-order chi connectivity index (χ0) is 29.1. The molecule has 11 nitrogen and oxygen atoms in total. The Hall–Kier alpha value is -3.68. The number of anilines is 4. The number of halogens is 3. The lowest BCUT2D eigenvalue weighted by Gasteiger charge is -2.37. The van der Waals surface area contributed by atoms with Gasteiger partial charge >= 0.3 is 6.18 Å². The number of nitrogens with zero attached hydrogens (tertiary/aromatic N) is 6. The van der Waals surface area contributed by atoms with Crippen LogP contribution in [0.3, 0.4) is 0 Å². The molecule has 6 rings (SSSR count). The van der Waals surface area contributed by atoms with Crippen LogP contribution in [0, 0.1) is 5.41 Å². The number of amides is 1. The number of nitrogens with one attached hydrogen (secondary N) is 1. The van der Waals surface area contributed by atoms with Gasteiger partial charge in [0.2, 0.25) is 5.91 Å². The van der Waals surface area contributed by atoms with E-state index in [1.807, 2.05) is 26.0 Å². The minimum atomic E-state index is -4.46. The van der Waals surface area contributed by atoms with E-state index < -0.39 is 23.7 Å². The molecule has 3 fully saturated rings. The second-order valence-corrected chi connectivity index (χ2v) is 11.3. The van der Waals surface area contributed by atoms with Gasteiger partial charge in [-0.2, -0.15) is 13.2 Å². The first-order valence-electron chi connectivity index (χ1n) is 13.9. The number of hydrogen-bond donors (Lipinski definition) is 2. The number of hydrogen-bond acceptors (Lipinski definition) is 9. The molecular formula is C27H33F3N8O3. The van der Waals surface area contributed by atoms with Gasteiger partial charge < -0.3 is 25.0 Å². The molecule has 41 heavy (non-hydrogen) atoms. The van der Waals surface area contributed by atoms with Crippen molar-refractivity contribution in [3.05, 3.63) is 29.7 Å². The van der Waals surface area contributed by atoms with E-state index in [-0.39, 0.29) is 49.3 Å². The third kappa shape index (κ3) is 4.71. The maximum atomic E-state index is 13.8. The zero-order valence-electron chi connectivity index (χ0n) is 22.9. The number of carbonyl (C=O) groups excluding carboxylic acids is 1. The molecule has 0 bridgehead atoms. The minimum Gasteiger partial charge on any atom is -0.457 e. The molecule has 1 saturated carbocycles. The molecule has 1 aliphatic carbocycles. The fourth-order valence-corrected chi connectivity index (χ4v) is 6.48. The van der Waals surface area contributed by atoms with Crippen LogP contribution in [0.5, 0.6) is 0 Å². The van der Waals surface area contributed by atoms with Crippen LogP contribution in [0.15, 0.2) is 18.3 Å². The summed E-state index contributed by atoms with van der Waals surface area (Å²) in [5, 5.41) is 8.12. The van der Waals surface area contributed by atoms with Gasteiger partial charge in [0.15, 0.2) is 12.4 Å². The van der Waals surface area contributed by atoms with E-state index in [1.54, 1.807) is 6.20 Å². The highest BCUT2D eigenvalue weighted by molar-refractivity contribution is 6.13. The molecule has 0 unspecified atom stereocenters.